The molecule has 0 spiro atoms. The molecule has 0 unspecified atom stereocenters. The number of nitrogens with one attached hydrogen (secondary N) is 1. The molecule has 114 valence electrons. The monoisotopic (exact) mass is 289 g/mol. The fourth-order valence-corrected chi connectivity index (χ4v) is 2.84. The molecule has 3 rings (SSSR count). The predicted octanol–water partition coefficient (Wildman–Crippen LogP) is 3.26. The number of nitro benzene ring substituents is 1. The van der Waals surface area contributed by atoms with Gasteiger partial charge in [-0.15, -0.1) is 0 Å². The fraction of sp³-hybridized carbons (Fsp3) is 0.625. The Morgan fingerprint density at radius 2 is 1.86 bits per heavy atom. The minimum atomic E-state index is -0.310. The fourth-order valence-electron chi connectivity index (χ4n) is 2.84. The number of anilines is 1. The first-order chi connectivity index (χ1) is 10.2. The molecule has 0 bridgehead atoms. The van der Waals surface area contributed by atoms with Gasteiger partial charge < -0.3 is 5.32 Å². The Kier molecular flexibility index (Phi) is 4.10. The third-order valence-corrected chi connectivity index (χ3v) is 4.39. The van der Waals surface area contributed by atoms with E-state index in [1.807, 2.05) is 13.1 Å². The highest BCUT2D eigenvalue weighted by atomic mass is 16.6. The van der Waals surface area contributed by atoms with Crippen LogP contribution in [-0.2, 0) is 6.54 Å². The summed E-state index contributed by atoms with van der Waals surface area (Å²) in [6, 6.07) is 5.11. The highest BCUT2D eigenvalue weighted by Gasteiger charge is 2.29. The normalized spacial score (nSPS) is 18.0. The molecule has 1 N–H and O–H groups in total. The maximum absolute atomic E-state index is 11.0. The maximum Gasteiger partial charge on any atom is 0.269 e. The van der Waals surface area contributed by atoms with Crippen LogP contribution in [0.1, 0.15) is 31.2 Å². The Morgan fingerprint density at radius 3 is 2.33 bits per heavy atom. The van der Waals surface area contributed by atoms with Crippen molar-refractivity contribution in [1.29, 1.82) is 0 Å². The largest absolute Gasteiger partial charge is 0.388 e. The smallest absolute Gasteiger partial charge is 0.269 e. The van der Waals surface area contributed by atoms with Crippen LogP contribution in [-0.4, -0.2) is 30.0 Å². The van der Waals surface area contributed by atoms with Gasteiger partial charge in [0.05, 0.1) is 4.92 Å². The molecule has 21 heavy (non-hydrogen) atoms. The van der Waals surface area contributed by atoms with Crippen molar-refractivity contribution in [3.05, 3.63) is 33.9 Å². The molecule has 0 atom stereocenters. The first-order valence-electron chi connectivity index (χ1n) is 7.83. The summed E-state index contributed by atoms with van der Waals surface area (Å²) < 4.78 is 0. The van der Waals surface area contributed by atoms with Crippen molar-refractivity contribution >= 4 is 11.4 Å². The molecule has 0 heterocycles. The van der Waals surface area contributed by atoms with Crippen molar-refractivity contribution < 1.29 is 4.92 Å². The van der Waals surface area contributed by atoms with Crippen molar-refractivity contribution in [2.75, 3.05) is 25.5 Å². The van der Waals surface area contributed by atoms with Gasteiger partial charge >= 0.3 is 0 Å². The van der Waals surface area contributed by atoms with Crippen LogP contribution in [0.3, 0.4) is 0 Å². The summed E-state index contributed by atoms with van der Waals surface area (Å²) in [7, 11) is 1.87. The van der Waals surface area contributed by atoms with Crippen LogP contribution in [0.5, 0.6) is 0 Å². The summed E-state index contributed by atoms with van der Waals surface area (Å²) in [6.07, 6.45) is 5.37. The number of hydrogen-bond acceptors (Lipinski definition) is 4. The summed E-state index contributed by atoms with van der Waals surface area (Å²) >= 11 is 0. The van der Waals surface area contributed by atoms with E-state index in [9.17, 15) is 10.1 Å². The van der Waals surface area contributed by atoms with Gasteiger partial charge in [-0.2, -0.15) is 0 Å². The van der Waals surface area contributed by atoms with Crippen LogP contribution in [0, 0.1) is 22.0 Å². The highest BCUT2D eigenvalue weighted by molar-refractivity contribution is 5.55. The molecular formula is C16H23N3O2. The lowest BCUT2D eigenvalue weighted by atomic mass is 10.1. The molecule has 2 fully saturated rings. The molecule has 0 radical (unpaired) electrons. The second-order valence-electron chi connectivity index (χ2n) is 6.43. The molecule has 2 aliphatic carbocycles. The number of nitro groups is 1. The summed E-state index contributed by atoms with van der Waals surface area (Å²) in [5.41, 5.74) is 2.21. The minimum Gasteiger partial charge on any atom is -0.388 e. The van der Waals surface area contributed by atoms with Crippen LogP contribution in [0.25, 0.3) is 0 Å². The standard InChI is InChI=1S/C16H23N3O2/c1-17-16-7-6-15(19(20)21)8-14(16)11-18(9-12-2-3-12)10-13-4-5-13/h6-8,12-13,17H,2-5,9-11H2,1H3. The molecule has 1 aromatic carbocycles. The SMILES string of the molecule is CNc1ccc([N+](=O)[O-])cc1CN(CC1CC1)CC1CC1. The Morgan fingerprint density at radius 1 is 1.24 bits per heavy atom. The Labute approximate surface area is 125 Å². The number of rotatable bonds is 8. The van der Waals surface area contributed by atoms with Gasteiger partial charge in [-0.1, -0.05) is 0 Å². The van der Waals surface area contributed by atoms with E-state index in [0.29, 0.717) is 0 Å². The Bertz CT molecular complexity index is 510. The maximum atomic E-state index is 11.0. The zero-order valence-electron chi connectivity index (χ0n) is 12.5. The van der Waals surface area contributed by atoms with Crippen molar-refractivity contribution in [2.45, 2.75) is 32.2 Å². The average Bonchev–Trinajstić information content (AvgIpc) is 3.35. The van der Waals surface area contributed by atoms with Crippen molar-refractivity contribution in [3.8, 4) is 0 Å². The average molecular weight is 289 g/mol. The van der Waals surface area contributed by atoms with Gasteiger partial charge in [-0.3, -0.25) is 15.0 Å². The van der Waals surface area contributed by atoms with Gasteiger partial charge in [-0.05, 0) is 49.1 Å². The zero-order valence-corrected chi connectivity index (χ0v) is 12.5. The van der Waals surface area contributed by atoms with Gasteiger partial charge in [0, 0.05) is 44.5 Å². The van der Waals surface area contributed by atoms with Gasteiger partial charge in [0.25, 0.3) is 5.69 Å². The first kappa shape index (κ1) is 14.3. The van der Waals surface area contributed by atoms with Crippen LogP contribution < -0.4 is 5.32 Å². The second kappa shape index (κ2) is 6.02. The highest BCUT2D eigenvalue weighted by Crippen LogP contribution is 2.35. The first-order valence-corrected chi connectivity index (χ1v) is 7.83. The molecule has 5 nitrogen and oxygen atoms in total. The van der Waals surface area contributed by atoms with Gasteiger partial charge in [0.15, 0.2) is 0 Å². The molecule has 5 heteroatoms. The molecule has 2 aliphatic rings. The van der Waals surface area contributed by atoms with E-state index >= 15 is 0 Å². The van der Waals surface area contributed by atoms with E-state index < -0.39 is 0 Å². The third kappa shape index (κ3) is 3.94. The molecule has 1 aromatic rings. The van der Waals surface area contributed by atoms with E-state index in [1.54, 1.807) is 12.1 Å². The van der Waals surface area contributed by atoms with Crippen LogP contribution >= 0.6 is 0 Å². The van der Waals surface area contributed by atoms with E-state index in [-0.39, 0.29) is 10.6 Å². The number of non-ortho nitro benzene ring substituents is 1. The van der Waals surface area contributed by atoms with Crippen molar-refractivity contribution in [2.24, 2.45) is 11.8 Å². The quantitative estimate of drug-likeness (QED) is 0.589. The summed E-state index contributed by atoms with van der Waals surface area (Å²) in [5.74, 6) is 1.70. The molecule has 2 saturated carbocycles. The zero-order chi connectivity index (χ0) is 14.8. The van der Waals surface area contributed by atoms with E-state index in [1.165, 1.54) is 25.7 Å². The van der Waals surface area contributed by atoms with Gasteiger partial charge in [-0.25, -0.2) is 0 Å². The minimum absolute atomic E-state index is 0.182. The van der Waals surface area contributed by atoms with Crippen LogP contribution in [0.15, 0.2) is 18.2 Å². The van der Waals surface area contributed by atoms with Crippen molar-refractivity contribution in [1.82, 2.24) is 4.90 Å². The Hall–Kier alpha value is -1.62. The molecule has 0 aliphatic heterocycles. The van der Waals surface area contributed by atoms with E-state index in [4.69, 9.17) is 0 Å². The lowest BCUT2D eigenvalue weighted by Crippen LogP contribution is -2.28. The number of hydrogen-bond donors (Lipinski definition) is 1. The number of benzene rings is 1. The van der Waals surface area contributed by atoms with Gasteiger partial charge in [0.2, 0.25) is 0 Å². The lowest BCUT2D eigenvalue weighted by Gasteiger charge is -2.23. The van der Waals surface area contributed by atoms with E-state index in [0.717, 1.165) is 42.7 Å². The third-order valence-electron chi connectivity index (χ3n) is 4.39. The lowest BCUT2D eigenvalue weighted by molar-refractivity contribution is -0.384. The number of nitrogens with zero attached hydrogens (tertiary/aromatic N) is 2. The second-order valence-corrected chi connectivity index (χ2v) is 6.43. The summed E-state index contributed by atoms with van der Waals surface area (Å²) in [5, 5.41) is 14.1. The predicted molar refractivity (Wildman–Crippen MR) is 83.4 cm³/mol. The van der Waals surface area contributed by atoms with Crippen LogP contribution in [0.2, 0.25) is 0 Å². The molecular weight excluding hydrogens is 266 g/mol. The van der Waals surface area contributed by atoms with Crippen LogP contribution in [0.4, 0.5) is 11.4 Å². The van der Waals surface area contributed by atoms with Gasteiger partial charge in [0.1, 0.15) is 0 Å². The topological polar surface area (TPSA) is 58.4 Å². The molecule has 0 amide bonds. The van der Waals surface area contributed by atoms with E-state index in [2.05, 4.69) is 10.2 Å². The molecule has 0 aromatic heterocycles. The molecule has 0 saturated heterocycles. The van der Waals surface area contributed by atoms with Crippen molar-refractivity contribution in [3.63, 3.8) is 0 Å². The Balaban J connectivity index is 1.75. The summed E-state index contributed by atoms with van der Waals surface area (Å²) in [6.45, 7) is 3.09. The summed E-state index contributed by atoms with van der Waals surface area (Å²) in [4.78, 5) is 13.2.